The van der Waals surface area contributed by atoms with Crippen molar-refractivity contribution in [3.8, 4) is 0 Å². The Kier molecular flexibility index (Phi) is 3.21. The summed E-state index contributed by atoms with van der Waals surface area (Å²) in [4.78, 5) is 7.96. The molecule has 4 nitrogen and oxygen atoms in total. The summed E-state index contributed by atoms with van der Waals surface area (Å²) in [5.74, 6) is 1.58. The molecular weight excluding hydrogens is 328 g/mol. The Morgan fingerprint density at radius 3 is 2.62 bits per heavy atom. The molecule has 0 radical (unpaired) electrons. The molecular formula is C16H21BrN4. The van der Waals surface area contributed by atoms with Crippen molar-refractivity contribution >= 4 is 27.3 Å². The van der Waals surface area contributed by atoms with Crippen LogP contribution in [-0.4, -0.2) is 31.5 Å². The number of aromatic nitrogens is 3. The normalized spacial score (nSPS) is 28.8. The zero-order valence-electron chi connectivity index (χ0n) is 12.5. The Balaban J connectivity index is 1.80. The van der Waals surface area contributed by atoms with Gasteiger partial charge in [0.2, 0.25) is 0 Å². The second-order valence-corrected chi connectivity index (χ2v) is 7.96. The van der Waals surface area contributed by atoms with Gasteiger partial charge in [0.05, 0.1) is 5.69 Å². The number of alkyl halides is 1. The Hall–Kier alpha value is -1.10. The minimum Gasteiger partial charge on any atom is -0.349 e. The minimum atomic E-state index is 0.447. The summed E-state index contributed by atoms with van der Waals surface area (Å²) in [5, 5.41) is 4.69. The number of hydrogen-bond donors (Lipinski definition) is 0. The highest BCUT2D eigenvalue weighted by molar-refractivity contribution is 9.09. The summed E-state index contributed by atoms with van der Waals surface area (Å²) in [6.45, 7) is 4.38. The molecule has 112 valence electrons. The predicted octanol–water partition coefficient (Wildman–Crippen LogP) is 3.75. The Morgan fingerprint density at radius 1 is 1.24 bits per heavy atom. The fourth-order valence-corrected chi connectivity index (χ4v) is 4.73. The van der Waals surface area contributed by atoms with Crippen LogP contribution in [-0.2, 0) is 0 Å². The van der Waals surface area contributed by atoms with E-state index in [1.165, 1.54) is 25.7 Å². The molecule has 2 aromatic rings. The number of rotatable bonds is 2. The van der Waals surface area contributed by atoms with Gasteiger partial charge in [-0.3, -0.25) is 0 Å². The van der Waals surface area contributed by atoms with Gasteiger partial charge in [0.15, 0.2) is 5.82 Å². The van der Waals surface area contributed by atoms with Crippen molar-refractivity contribution in [2.45, 2.75) is 62.4 Å². The molecule has 0 saturated carbocycles. The molecule has 2 unspecified atom stereocenters. The van der Waals surface area contributed by atoms with Crippen molar-refractivity contribution in [2.75, 3.05) is 4.90 Å². The first-order valence-electron chi connectivity index (χ1n) is 7.90. The maximum atomic E-state index is 4.72. The van der Waals surface area contributed by atoms with Gasteiger partial charge in [-0.05, 0) is 37.7 Å². The summed E-state index contributed by atoms with van der Waals surface area (Å²) in [5.41, 5.74) is 2.30. The number of halogens is 1. The number of piperidine rings is 1. The molecule has 0 amide bonds. The van der Waals surface area contributed by atoms with E-state index in [-0.39, 0.29) is 0 Å². The van der Waals surface area contributed by atoms with Gasteiger partial charge < -0.3 is 4.90 Å². The van der Waals surface area contributed by atoms with E-state index >= 15 is 0 Å². The second-order valence-electron chi connectivity index (χ2n) is 6.67. The van der Waals surface area contributed by atoms with Crippen molar-refractivity contribution < 1.29 is 0 Å². The van der Waals surface area contributed by atoms with E-state index in [1.54, 1.807) is 0 Å². The first-order chi connectivity index (χ1) is 10.1. The molecule has 2 fully saturated rings. The molecule has 2 saturated heterocycles. The quantitative estimate of drug-likeness (QED) is 0.775. The minimum absolute atomic E-state index is 0.447. The lowest BCUT2D eigenvalue weighted by Gasteiger charge is -2.38. The van der Waals surface area contributed by atoms with E-state index in [2.05, 4.69) is 40.7 Å². The average molecular weight is 349 g/mol. The van der Waals surface area contributed by atoms with Crippen molar-refractivity contribution in [3.63, 3.8) is 0 Å². The van der Waals surface area contributed by atoms with E-state index in [0.29, 0.717) is 22.8 Å². The van der Waals surface area contributed by atoms with Gasteiger partial charge in [-0.1, -0.05) is 29.8 Å². The zero-order valence-corrected chi connectivity index (χ0v) is 14.1. The molecule has 4 heterocycles. The molecule has 2 aliphatic heterocycles. The van der Waals surface area contributed by atoms with Crippen LogP contribution in [0.5, 0.6) is 0 Å². The molecule has 0 aliphatic carbocycles. The summed E-state index contributed by atoms with van der Waals surface area (Å²) in [7, 11) is 0. The van der Waals surface area contributed by atoms with Crippen LogP contribution < -0.4 is 4.90 Å². The molecule has 0 spiro atoms. The largest absolute Gasteiger partial charge is 0.349 e. The fourth-order valence-electron chi connectivity index (χ4n) is 3.86. The number of hydrogen-bond acceptors (Lipinski definition) is 3. The monoisotopic (exact) mass is 348 g/mol. The third kappa shape index (κ3) is 2.17. The molecule has 0 N–H and O–H groups in total. The molecule has 5 heteroatoms. The van der Waals surface area contributed by atoms with E-state index < -0.39 is 0 Å². The molecule has 0 aromatic carbocycles. The van der Waals surface area contributed by atoms with Gasteiger partial charge in [-0.15, -0.1) is 0 Å². The van der Waals surface area contributed by atoms with Gasteiger partial charge in [0.25, 0.3) is 0 Å². The summed E-state index contributed by atoms with van der Waals surface area (Å²) in [6.07, 6.45) is 8.89. The molecule has 21 heavy (non-hydrogen) atoms. The molecule has 4 rings (SSSR count). The lowest BCUT2D eigenvalue weighted by molar-refractivity contribution is 0.480. The van der Waals surface area contributed by atoms with Crippen LogP contribution in [0.25, 0.3) is 5.52 Å². The van der Waals surface area contributed by atoms with Crippen LogP contribution in [0.4, 0.5) is 5.82 Å². The summed E-state index contributed by atoms with van der Waals surface area (Å²) >= 11 is 3.82. The van der Waals surface area contributed by atoms with E-state index in [4.69, 9.17) is 10.1 Å². The van der Waals surface area contributed by atoms with Gasteiger partial charge in [0, 0.05) is 29.3 Å². The van der Waals surface area contributed by atoms with Crippen molar-refractivity contribution in [1.29, 1.82) is 0 Å². The van der Waals surface area contributed by atoms with Crippen molar-refractivity contribution in [3.05, 3.63) is 24.2 Å². The lowest BCUT2D eigenvalue weighted by atomic mass is 10.0. The predicted molar refractivity (Wildman–Crippen MR) is 88.3 cm³/mol. The van der Waals surface area contributed by atoms with Crippen LogP contribution >= 0.6 is 15.9 Å². The Labute approximate surface area is 133 Å². The molecule has 2 aliphatic rings. The van der Waals surface area contributed by atoms with Crippen LogP contribution in [0.2, 0.25) is 0 Å². The number of nitrogens with zero attached hydrogens (tertiary/aromatic N) is 4. The summed E-state index contributed by atoms with van der Waals surface area (Å²) < 4.78 is 2.00. The highest BCUT2D eigenvalue weighted by Crippen LogP contribution is 2.42. The third-order valence-electron chi connectivity index (χ3n) is 4.90. The molecule has 2 bridgehead atoms. The maximum absolute atomic E-state index is 4.72. The third-order valence-corrected chi connectivity index (χ3v) is 5.65. The average Bonchev–Trinajstić information content (AvgIpc) is 2.98. The van der Waals surface area contributed by atoms with E-state index in [1.807, 2.05) is 16.9 Å². The van der Waals surface area contributed by atoms with Gasteiger partial charge in [0.1, 0.15) is 5.52 Å². The van der Waals surface area contributed by atoms with Gasteiger partial charge in [-0.25, -0.2) is 9.50 Å². The lowest BCUT2D eigenvalue weighted by Crippen LogP contribution is -2.44. The van der Waals surface area contributed by atoms with Crippen molar-refractivity contribution in [2.24, 2.45) is 0 Å². The molecule has 2 aromatic heterocycles. The number of fused-ring (bicyclic) bond motifs is 3. The van der Waals surface area contributed by atoms with Crippen LogP contribution in [0.1, 0.15) is 51.1 Å². The van der Waals surface area contributed by atoms with Crippen molar-refractivity contribution in [1.82, 2.24) is 14.6 Å². The Morgan fingerprint density at radius 2 is 1.95 bits per heavy atom. The fraction of sp³-hybridized carbons (Fsp3) is 0.625. The van der Waals surface area contributed by atoms with E-state index in [0.717, 1.165) is 17.0 Å². The Bertz CT molecular complexity index is 651. The van der Waals surface area contributed by atoms with Crippen LogP contribution in [0, 0.1) is 0 Å². The highest BCUT2D eigenvalue weighted by Gasteiger charge is 2.41. The number of anilines is 1. The van der Waals surface area contributed by atoms with Crippen LogP contribution in [0.3, 0.4) is 0 Å². The first-order valence-corrected chi connectivity index (χ1v) is 8.81. The van der Waals surface area contributed by atoms with Gasteiger partial charge in [-0.2, -0.15) is 5.10 Å². The first kappa shape index (κ1) is 13.6. The maximum Gasteiger partial charge on any atom is 0.155 e. The molecule has 2 atom stereocenters. The standard InChI is InChI=1S/C16H21BrN4/c1-10(2)14-9-15-16(18-5-6-20(15)19-14)21-12-3-4-13(21)8-11(17)7-12/h5-6,9-13H,3-4,7-8H2,1-2H3. The smallest absolute Gasteiger partial charge is 0.155 e. The summed E-state index contributed by atoms with van der Waals surface area (Å²) in [6, 6.07) is 3.47. The SMILES string of the molecule is CC(C)c1cc2c(N3C4CCC3CC(Br)C4)nccn2n1. The topological polar surface area (TPSA) is 33.4 Å². The van der Waals surface area contributed by atoms with Gasteiger partial charge >= 0.3 is 0 Å². The second kappa shape index (κ2) is 4.97. The zero-order chi connectivity index (χ0) is 14.6. The van der Waals surface area contributed by atoms with Crippen LogP contribution in [0.15, 0.2) is 18.5 Å². The highest BCUT2D eigenvalue weighted by atomic mass is 79.9. The van der Waals surface area contributed by atoms with E-state index in [9.17, 15) is 0 Å².